The number of alkyl carbamates (subject to hydrolysis) is 1. The molecule has 0 saturated carbocycles. The Morgan fingerprint density at radius 1 is 1.16 bits per heavy atom. The number of rotatable bonds is 7. The highest BCUT2D eigenvalue weighted by Gasteiger charge is 2.18. The van der Waals surface area contributed by atoms with Crippen LogP contribution in [0.4, 0.5) is 4.79 Å². The summed E-state index contributed by atoms with van der Waals surface area (Å²) in [5.74, 6) is 1.14. The Morgan fingerprint density at radius 2 is 1.96 bits per heavy atom. The number of carbonyl (C=O) groups is 1. The van der Waals surface area contributed by atoms with Crippen LogP contribution in [0.3, 0.4) is 0 Å². The van der Waals surface area contributed by atoms with Crippen LogP contribution in [0.2, 0.25) is 0 Å². The Morgan fingerprint density at radius 3 is 2.64 bits per heavy atom. The van der Waals surface area contributed by atoms with E-state index in [4.69, 9.17) is 14.2 Å². The molecule has 1 amide bonds. The summed E-state index contributed by atoms with van der Waals surface area (Å²) in [6, 6.07) is 12.3. The Bertz CT molecular complexity index is 717. The van der Waals surface area contributed by atoms with Crippen LogP contribution in [-0.2, 0) is 11.2 Å². The minimum atomic E-state index is -0.498. The Balaban J connectivity index is 2.30. The van der Waals surface area contributed by atoms with Crippen LogP contribution in [0.1, 0.15) is 24.1 Å². The van der Waals surface area contributed by atoms with E-state index in [1.807, 2.05) is 24.3 Å². The fraction of sp³-hybridized carbons (Fsp3) is 0.316. The third kappa shape index (κ3) is 5.04. The van der Waals surface area contributed by atoms with Crippen molar-refractivity contribution in [2.45, 2.75) is 19.4 Å². The van der Waals surface area contributed by atoms with Crippen LogP contribution in [0.5, 0.6) is 17.2 Å². The lowest BCUT2D eigenvalue weighted by Crippen LogP contribution is -2.30. The molecule has 0 heterocycles. The van der Waals surface area contributed by atoms with Gasteiger partial charge in [0.2, 0.25) is 0 Å². The molecule has 0 aliphatic heterocycles. The summed E-state index contributed by atoms with van der Waals surface area (Å²) in [4.78, 5) is 11.9. The van der Waals surface area contributed by atoms with E-state index in [0.29, 0.717) is 12.2 Å². The van der Waals surface area contributed by atoms with E-state index >= 15 is 0 Å². The van der Waals surface area contributed by atoms with Gasteiger partial charge in [-0.25, -0.2) is 4.79 Å². The normalized spacial score (nSPS) is 11.5. The number of phenols is 1. The smallest absolute Gasteiger partial charge is 0.407 e. The van der Waals surface area contributed by atoms with Crippen LogP contribution < -0.4 is 14.8 Å². The van der Waals surface area contributed by atoms with Crippen molar-refractivity contribution in [2.75, 3.05) is 20.8 Å². The number of carbonyl (C=O) groups excluding carboxylic acids is 1. The van der Waals surface area contributed by atoms with Gasteiger partial charge in [0, 0.05) is 0 Å². The molecule has 0 fully saturated rings. The van der Waals surface area contributed by atoms with E-state index in [2.05, 4.69) is 5.32 Å². The van der Waals surface area contributed by atoms with E-state index < -0.39 is 6.09 Å². The molecule has 1 atom stereocenters. The number of hydrogen-bond donors (Lipinski definition) is 2. The van der Waals surface area contributed by atoms with Gasteiger partial charge in [-0.15, -0.1) is 0 Å². The molecule has 1 unspecified atom stereocenters. The van der Waals surface area contributed by atoms with Gasteiger partial charge in [-0.1, -0.05) is 18.2 Å². The number of phenolic OH excluding ortho intramolecular Hbond substituents is 1. The number of hydrogen-bond acceptors (Lipinski definition) is 5. The summed E-state index contributed by atoms with van der Waals surface area (Å²) >= 11 is 0. The molecular weight excluding hydrogens is 322 g/mol. The van der Waals surface area contributed by atoms with Gasteiger partial charge in [0.25, 0.3) is 0 Å². The highest BCUT2D eigenvalue weighted by Crippen LogP contribution is 2.30. The van der Waals surface area contributed by atoms with E-state index in [0.717, 1.165) is 16.9 Å². The summed E-state index contributed by atoms with van der Waals surface area (Å²) in [7, 11) is 3.09. The lowest BCUT2D eigenvalue weighted by atomic mass is 9.98. The molecule has 0 aromatic heterocycles. The predicted molar refractivity (Wildman–Crippen MR) is 94.3 cm³/mol. The lowest BCUT2D eigenvalue weighted by Gasteiger charge is -2.20. The molecule has 0 bridgehead atoms. The summed E-state index contributed by atoms with van der Waals surface area (Å²) in [5.41, 5.74) is 1.79. The van der Waals surface area contributed by atoms with Gasteiger partial charge in [-0.2, -0.15) is 0 Å². The van der Waals surface area contributed by atoms with Gasteiger partial charge >= 0.3 is 6.09 Å². The number of methoxy groups -OCH3 is 2. The maximum absolute atomic E-state index is 11.9. The topological polar surface area (TPSA) is 77.0 Å². The van der Waals surface area contributed by atoms with Gasteiger partial charge in [0.05, 0.1) is 26.9 Å². The summed E-state index contributed by atoms with van der Waals surface area (Å²) in [6.45, 7) is 2.04. The molecule has 6 heteroatoms. The summed E-state index contributed by atoms with van der Waals surface area (Å²) in [5, 5.41) is 12.6. The Labute approximate surface area is 147 Å². The largest absolute Gasteiger partial charge is 0.504 e. The monoisotopic (exact) mass is 345 g/mol. The number of amides is 1. The molecule has 2 rings (SSSR count). The van der Waals surface area contributed by atoms with Crippen molar-refractivity contribution in [3.05, 3.63) is 53.6 Å². The van der Waals surface area contributed by atoms with Crippen molar-refractivity contribution in [3.63, 3.8) is 0 Å². The first-order valence-electron chi connectivity index (χ1n) is 8.00. The fourth-order valence-electron chi connectivity index (χ4n) is 2.51. The Hall–Kier alpha value is -2.89. The van der Waals surface area contributed by atoms with E-state index in [-0.39, 0.29) is 18.4 Å². The first-order valence-corrected chi connectivity index (χ1v) is 8.00. The van der Waals surface area contributed by atoms with Gasteiger partial charge in [-0.05, 0) is 48.7 Å². The molecule has 0 spiro atoms. The molecule has 0 saturated heterocycles. The van der Waals surface area contributed by atoms with Crippen LogP contribution >= 0.6 is 0 Å². The molecule has 2 aromatic carbocycles. The molecule has 134 valence electrons. The predicted octanol–water partition coefficient (Wildman–Crippen LogP) is 3.44. The van der Waals surface area contributed by atoms with Crippen molar-refractivity contribution in [3.8, 4) is 17.2 Å². The van der Waals surface area contributed by atoms with Crippen LogP contribution in [-0.4, -0.2) is 32.0 Å². The summed E-state index contributed by atoms with van der Waals surface area (Å²) in [6.07, 6.45) is 0.0339. The molecule has 25 heavy (non-hydrogen) atoms. The quantitative estimate of drug-likeness (QED) is 0.804. The minimum absolute atomic E-state index is 0.0440. The zero-order valence-corrected chi connectivity index (χ0v) is 14.6. The zero-order valence-electron chi connectivity index (χ0n) is 14.6. The standard InChI is InChI=1S/C19H23NO5/c1-4-25-19(22)20-16(11-13-6-5-7-15(10-13)23-2)14-8-9-17(21)18(12-14)24-3/h5-10,12,16,21H,4,11H2,1-3H3,(H,20,22). The molecule has 2 aromatic rings. The second-order valence-electron chi connectivity index (χ2n) is 5.40. The van der Waals surface area contributed by atoms with Gasteiger partial charge in [0.15, 0.2) is 11.5 Å². The minimum Gasteiger partial charge on any atom is -0.504 e. The number of benzene rings is 2. The van der Waals surface area contributed by atoms with E-state index in [9.17, 15) is 9.90 Å². The third-order valence-electron chi connectivity index (χ3n) is 3.75. The van der Waals surface area contributed by atoms with Gasteiger partial charge in [-0.3, -0.25) is 0 Å². The molecule has 2 N–H and O–H groups in total. The average Bonchev–Trinajstić information content (AvgIpc) is 2.62. The molecule has 6 nitrogen and oxygen atoms in total. The fourth-order valence-corrected chi connectivity index (χ4v) is 2.51. The second-order valence-corrected chi connectivity index (χ2v) is 5.40. The van der Waals surface area contributed by atoms with Crippen LogP contribution in [0.15, 0.2) is 42.5 Å². The zero-order chi connectivity index (χ0) is 18.2. The second kappa shape index (κ2) is 8.82. The third-order valence-corrected chi connectivity index (χ3v) is 3.75. The van der Waals surface area contributed by atoms with Crippen molar-refractivity contribution in [1.29, 1.82) is 0 Å². The average molecular weight is 345 g/mol. The molecular formula is C19H23NO5. The maximum Gasteiger partial charge on any atom is 0.407 e. The molecule has 0 aliphatic rings. The highest BCUT2D eigenvalue weighted by molar-refractivity contribution is 5.68. The Kier molecular flexibility index (Phi) is 6.51. The SMILES string of the molecule is CCOC(=O)NC(Cc1cccc(OC)c1)c1ccc(O)c(OC)c1. The van der Waals surface area contributed by atoms with Gasteiger partial charge < -0.3 is 24.6 Å². The van der Waals surface area contributed by atoms with Gasteiger partial charge in [0.1, 0.15) is 5.75 Å². The molecule has 0 aliphatic carbocycles. The number of aromatic hydroxyl groups is 1. The van der Waals surface area contributed by atoms with Crippen molar-refractivity contribution < 1.29 is 24.1 Å². The van der Waals surface area contributed by atoms with Crippen molar-refractivity contribution >= 4 is 6.09 Å². The first-order chi connectivity index (χ1) is 12.1. The molecule has 0 radical (unpaired) electrons. The summed E-state index contributed by atoms with van der Waals surface area (Å²) < 4.78 is 15.4. The number of ether oxygens (including phenoxy) is 3. The lowest BCUT2D eigenvalue weighted by molar-refractivity contribution is 0.148. The highest BCUT2D eigenvalue weighted by atomic mass is 16.5. The first kappa shape index (κ1) is 18.4. The van der Waals surface area contributed by atoms with Crippen LogP contribution in [0, 0.1) is 0 Å². The number of nitrogens with one attached hydrogen (secondary N) is 1. The van der Waals surface area contributed by atoms with Crippen molar-refractivity contribution in [2.24, 2.45) is 0 Å². The maximum atomic E-state index is 11.9. The van der Waals surface area contributed by atoms with Crippen LogP contribution in [0.25, 0.3) is 0 Å². The van der Waals surface area contributed by atoms with Crippen molar-refractivity contribution in [1.82, 2.24) is 5.32 Å². The van der Waals surface area contributed by atoms with E-state index in [1.165, 1.54) is 7.11 Å². The van der Waals surface area contributed by atoms with E-state index in [1.54, 1.807) is 32.2 Å².